The summed E-state index contributed by atoms with van der Waals surface area (Å²) >= 11 is 0. The van der Waals surface area contributed by atoms with Gasteiger partial charge in [0.25, 0.3) is 0 Å². The lowest BCUT2D eigenvalue weighted by molar-refractivity contribution is -0.195. The summed E-state index contributed by atoms with van der Waals surface area (Å²) in [4.78, 5) is 18.1. The average Bonchev–Trinajstić information content (AvgIpc) is 3.14. The molecule has 2 aromatic rings. The summed E-state index contributed by atoms with van der Waals surface area (Å²) in [6, 6.07) is 13.1. The van der Waals surface area contributed by atoms with Gasteiger partial charge >= 0.3 is 0 Å². The van der Waals surface area contributed by atoms with Crippen molar-refractivity contribution in [3.63, 3.8) is 0 Å². The molecule has 1 saturated heterocycles. The molecule has 0 N–H and O–H groups in total. The van der Waals surface area contributed by atoms with Gasteiger partial charge in [0.1, 0.15) is 23.8 Å². The minimum atomic E-state index is -0.357. The number of benzene rings is 2. The van der Waals surface area contributed by atoms with Crippen LogP contribution in [-0.2, 0) is 29.1 Å². The normalized spacial score (nSPS) is 20.6. The van der Waals surface area contributed by atoms with Crippen molar-refractivity contribution in [3.8, 4) is 5.75 Å². The number of rotatable bonds is 5. The first-order chi connectivity index (χ1) is 12.9. The Kier molecular flexibility index (Phi) is 4.64. The topological polar surface area (TPSA) is 38.8 Å². The Morgan fingerprint density at radius 1 is 1.22 bits per heavy atom. The summed E-state index contributed by atoms with van der Waals surface area (Å²) in [6.45, 7) is 4.00. The second kappa shape index (κ2) is 6.97. The summed E-state index contributed by atoms with van der Waals surface area (Å²) in [5.41, 5.74) is 2.12. The molecule has 0 aromatic heterocycles. The maximum Gasteiger partial charge on any atom is 0.246 e. The molecule has 0 saturated carbocycles. The van der Waals surface area contributed by atoms with Crippen molar-refractivity contribution in [2.75, 3.05) is 0 Å². The monoisotopic (exact) mass is 369 g/mol. The zero-order chi connectivity index (χ0) is 19.0. The Morgan fingerprint density at radius 3 is 2.78 bits per heavy atom. The Labute approximate surface area is 158 Å². The van der Waals surface area contributed by atoms with E-state index in [1.54, 1.807) is 6.07 Å². The third-order valence-corrected chi connectivity index (χ3v) is 5.25. The number of fused-ring (bicyclic) bond motifs is 1. The van der Waals surface area contributed by atoms with Gasteiger partial charge in [-0.1, -0.05) is 30.3 Å². The Balaban J connectivity index is 1.50. The minimum Gasteiger partial charge on any atom is -0.487 e. The van der Waals surface area contributed by atoms with E-state index in [-0.39, 0.29) is 30.0 Å². The molecule has 0 aliphatic carbocycles. The van der Waals surface area contributed by atoms with Crippen molar-refractivity contribution in [1.82, 2.24) is 5.06 Å². The van der Waals surface area contributed by atoms with Crippen LogP contribution >= 0.6 is 0 Å². The minimum absolute atomic E-state index is 0.0209. The van der Waals surface area contributed by atoms with Gasteiger partial charge in [0.05, 0.1) is 6.04 Å². The Hall–Kier alpha value is -2.40. The maximum absolute atomic E-state index is 14.5. The standard InChI is InChI=1S/C22H24FNO3/c1-22(2)13-17-18(19(23)9-10-20(17)27-22)14-26-24-16(8-11-21(24)25)12-15-6-4-3-5-7-15/h3-7,9-10,16H,8,11-14H2,1-2H3/t16-/m0/s1. The number of ether oxygens (including phenoxy) is 1. The first-order valence-corrected chi connectivity index (χ1v) is 9.41. The van der Waals surface area contributed by atoms with E-state index in [1.807, 2.05) is 44.2 Å². The lowest BCUT2D eigenvalue weighted by Gasteiger charge is -2.24. The molecule has 2 aromatic carbocycles. The molecular weight excluding hydrogens is 345 g/mol. The average molecular weight is 369 g/mol. The van der Waals surface area contributed by atoms with Crippen LogP contribution in [0.15, 0.2) is 42.5 Å². The molecule has 27 heavy (non-hydrogen) atoms. The number of hydrogen-bond donors (Lipinski definition) is 0. The van der Waals surface area contributed by atoms with Crippen molar-refractivity contribution >= 4 is 5.91 Å². The van der Waals surface area contributed by atoms with E-state index in [4.69, 9.17) is 9.57 Å². The van der Waals surface area contributed by atoms with Crippen molar-refractivity contribution in [2.24, 2.45) is 0 Å². The van der Waals surface area contributed by atoms with Gasteiger partial charge in [0.15, 0.2) is 0 Å². The number of carbonyl (C=O) groups is 1. The molecule has 4 rings (SSSR count). The summed E-state index contributed by atoms with van der Waals surface area (Å²) in [7, 11) is 0. The Bertz CT molecular complexity index is 850. The highest BCUT2D eigenvalue weighted by atomic mass is 19.1. The molecule has 5 heteroatoms. The first-order valence-electron chi connectivity index (χ1n) is 9.41. The van der Waals surface area contributed by atoms with Crippen LogP contribution in [0.3, 0.4) is 0 Å². The number of halogens is 1. The van der Waals surface area contributed by atoms with Crippen LogP contribution in [-0.4, -0.2) is 22.6 Å². The van der Waals surface area contributed by atoms with Gasteiger partial charge in [-0.25, -0.2) is 9.45 Å². The number of hydrogen-bond acceptors (Lipinski definition) is 3. The summed E-state index contributed by atoms with van der Waals surface area (Å²) in [5.74, 6) is 0.343. The van der Waals surface area contributed by atoms with Gasteiger partial charge < -0.3 is 4.74 Å². The summed E-state index contributed by atoms with van der Waals surface area (Å²) in [5, 5.41) is 1.45. The molecule has 2 aliphatic rings. The summed E-state index contributed by atoms with van der Waals surface area (Å²) in [6.07, 6.45) is 2.57. The number of nitrogens with zero attached hydrogens (tertiary/aromatic N) is 1. The van der Waals surface area contributed by atoms with E-state index >= 15 is 0 Å². The maximum atomic E-state index is 14.5. The molecule has 2 aliphatic heterocycles. The SMILES string of the molecule is CC1(C)Cc2c(ccc(F)c2CON2C(=O)CC[C@H]2Cc2ccccc2)O1. The zero-order valence-electron chi connectivity index (χ0n) is 15.7. The second-order valence-corrected chi connectivity index (χ2v) is 7.92. The van der Waals surface area contributed by atoms with Crippen molar-refractivity contribution < 1.29 is 18.8 Å². The predicted octanol–water partition coefficient (Wildman–Crippen LogP) is 4.20. The summed E-state index contributed by atoms with van der Waals surface area (Å²) < 4.78 is 20.4. The van der Waals surface area contributed by atoms with Crippen LogP contribution in [0.4, 0.5) is 4.39 Å². The molecule has 0 radical (unpaired) electrons. The highest BCUT2D eigenvalue weighted by molar-refractivity contribution is 5.77. The van der Waals surface area contributed by atoms with E-state index in [0.29, 0.717) is 24.2 Å². The molecule has 0 bridgehead atoms. The van der Waals surface area contributed by atoms with Crippen LogP contribution in [0.25, 0.3) is 0 Å². The largest absolute Gasteiger partial charge is 0.487 e. The van der Waals surface area contributed by atoms with Crippen LogP contribution in [0, 0.1) is 5.82 Å². The molecule has 0 unspecified atom stereocenters. The first kappa shape index (κ1) is 18.0. The van der Waals surface area contributed by atoms with E-state index in [0.717, 1.165) is 24.0 Å². The number of amides is 1. The fraction of sp³-hybridized carbons (Fsp3) is 0.409. The van der Waals surface area contributed by atoms with Crippen LogP contribution in [0.1, 0.15) is 43.4 Å². The molecular formula is C22H24FNO3. The van der Waals surface area contributed by atoms with E-state index in [1.165, 1.54) is 11.1 Å². The highest BCUT2D eigenvalue weighted by Gasteiger charge is 2.35. The van der Waals surface area contributed by atoms with Crippen molar-refractivity contribution in [3.05, 3.63) is 65.0 Å². The lowest BCUT2D eigenvalue weighted by Crippen LogP contribution is -2.34. The van der Waals surface area contributed by atoms with Gasteiger partial charge in [-0.15, -0.1) is 0 Å². The molecule has 0 spiro atoms. The van der Waals surface area contributed by atoms with E-state index in [2.05, 4.69) is 0 Å². The number of carbonyl (C=O) groups excluding carboxylic acids is 1. The van der Waals surface area contributed by atoms with Crippen molar-refractivity contribution in [2.45, 2.75) is 57.8 Å². The smallest absolute Gasteiger partial charge is 0.246 e. The molecule has 142 valence electrons. The molecule has 1 fully saturated rings. The van der Waals surface area contributed by atoms with Gasteiger partial charge in [-0.05, 0) is 44.4 Å². The molecule has 2 heterocycles. The lowest BCUT2D eigenvalue weighted by atomic mass is 9.97. The Morgan fingerprint density at radius 2 is 2.00 bits per heavy atom. The third kappa shape index (κ3) is 3.69. The quantitative estimate of drug-likeness (QED) is 0.793. The molecule has 4 nitrogen and oxygen atoms in total. The van der Waals surface area contributed by atoms with Crippen LogP contribution < -0.4 is 4.74 Å². The number of hydroxylamine groups is 2. The molecule has 1 amide bonds. The predicted molar refractivity (Wildman–Crippen MR) is 99.6 cm³/mol. The van der Waals surface area contributed by atoms with E-state index in [9.17, 15) is 9.18 Å². The third-order valence-electron chi connectivity index (χ3n) is 5.25. The molecule has 1 atom stereocenters. The zero-order valence-corrected chi connectivity index (χ0v) is 15.7. The van der Waals surface area contributed by atoms with Gasteiger partial charge in [-0.2, -0.15) is 0 Å². The highest BCUT2D eigenvalue weighted by Crippen LogP contribution is 2.38. The van der Waals surface area contributed by atoms with Crippen LogP contribution in [0.5, 0.6) is 5.75 Å². The fourth-order valence-corrected chi connectivity index (χ4v) is 3.95. The van der Waals surface area contributed by atoms with Crippen molar-refractivity contribution in [1.29, 1.82) is 0 Å². The second-order valence-electron chi connectivity index (χ2n) is 7.92. The fourth-order valence-electron chi connectivity index (χ4n) is 3.95. The van der Waals surface area contributed by atoms with Crippen LogP contribution in [0.2, 0.25) is 0 Å². The van der Waals surface area contributed by atoms with Gasteiger partial charge in [0, 0.05) is 24.0 Å². The van der Waals surface area contributed by atoms with Gasteiger partial charge in [-0.3, -0.25) is 9.63 Å². The van der Waals surface area contributed by atoms with E-state index < -0.39 is 0 Å². The van der Waals surface area contributed by atoms with Gasteiger partial charge in [0.2, 0.25) is 5.91 Å².